The smallest absolute Gasteiger partial charge is 0.276 e. The molecule has 1 amide bonds. The molecule has 8 nitrogen and oxygen atoms in total. The van der Waals surface area contributed by atoms with Gasteiger partial charge in [-0.15, -0.1) is 5.10 Å². The van der Waals surface area contributed by atoms with Gasteiger partial charge in [-0.1, -0.05) is 18.2 Å². The Morgan fingerprint density at radius 1 is 1.30 bits per heavy atom. The maximum absolute atomic E-state index is 13.1. The predicted octanol–water partition coefficient (Wildman–Crippen LogP) is 1.82. The molecule has 0 spiro atoms. The van der Waals surface area contributed by atoms with Crippen LogP contribution in [0, 0.1) is 6.92 Å². The Hall–Kier alpha value is -3.16. The van der Waals surface area contributed by atoms with Gasteiger partial charge in [-0.2, -0.15) is 9.78 Å². The van der Waals surface area contributed by atoms with Crippen LogP contribution in [0.15, 0.2) is 30.5 Å². The van der Waals surface area contributed by atoms with Crippen LogP contribution in [0.5, 0.6) is 5.75 Å². The van der Waals surface area contributed by atoms with E-state index in [2.05, 4.69) is 22.3 Å². The lowest BCUT2D eigenvalue weighted by molar-refractivity contribution is 0.0747. The largest absolute Gasteiger partial charge is 0.508 e. The Bertz CT molecular complexity index is 1010. The highest BCUT2D eigenvalue weighted by Gasteiger charge is 2.28. The van der Waals surface area contributed by atoms with E-state index < -0.39 is 0 Å². The summed E-state index contributed by atoms with van der Waals surface area (Å²) in [4.78, 5) is 14.9. The molecule has 27 heavy (non-hydrogen) atoms. The summed E-state index contributed by atoms with van der Waals surface area (Å²) in [7, 11) is 1.83. The zero-order valence-electron chi connectivity index (χ0n) is 15.6. The third-order valence-corrected chi connectivity index (χ3v) is 5.11. The van der Waals surface area contributed by atoms with Crippen LogP contribution >= 0.6 is 0 Å². The average Bonchev–Trinajstić information content (AvgIpc) is 3.19. The molecular formula is C19H22N6O2. The summed E-state index contributed by atoms with van der Waals surface area (Å²) < 4.78 is 3.27. The summed E-state index contributed by atoms with van der Waals surface area (Å²) in [6.45, 7) is 5.08. The number of nitrogens with zero attached hydrogens (tertiary/aromatic N) is 6. The van der Waals surface area contributed by atoms with Gasteiger partial charge in [0.25, 0.3) is 5.91 Å². The van der Waals surface area contributed by atoms with Crippen LogP contribution in [0.4, 0.5) is 0 Å². The molecule has 0 saturated heterocycles. The number of aromatic hydroxyl groups is 1. The van der Waals surface area contributed by atoms with Gasteiger partial charge < -0.3 is 10.0 Å². The highest BCUT2D eigenvalue weighted by Crippen LogP contribution is 2.29. The van der Waals surface area contributed by atoms with Crippen molar-refractivity contribution in [3.8, 4) is 11.6 Å². The van der Waals surface area contributed by atoms with E-state index in [0.717, 1.165) is 12.0 Å². The van der Waals surface area contributed by atoms with Crippen molar-refractivity contribution in [2.24, 2.45) is 7.05 Å². The number of hydrogen-bond donors (Lipinski definition) is 1. The van der Waals surface area contributed by atoms with Crippen LogP contribution in [0.3, 0.4) is 0 Å². The molecule has 1 N–H and O–H groups in total. The monoisotopic (exact) mass is 366 g/mol. The topological polar surface area (TPSA) is 89.1 Å². The Kier molecular flexibility index (Phi) is 4.18. The third-order valence-electron chi connectivity index (χ3n) is 5.11. The minimum atomic E-state index is -0.126. The Labute approximate surface area is 157 Å². The molecule has 1 aliphatic rings. The number of aryl methyl sites for hydroxylation is 1. The first-order valence-corrected chi connectivity index (χ1v) is 8.97. The first kappa shape index (κ1) is 17.3. The van der Waals surface area contributed by atoms with Gasteiger partial charge in [-0.25, -0.2) is 0 Å². The molecule has 0 saturated carbocycles. The number of phenolic OH excluding ortho intramolecular Hbond substituents is 1. The number of amides is 1. The Morgan fingerprint density at radius 2 is 2.11 bits per heavy atom. The fraction of sp³-hybridized carbons (Fsp3) is 0.368. The van der Waals surface area contributed by atoms with Crippen molar-refractivity contribution in [2.75, 3.05) is 13.1 Å². The second-order valence-electron chi connectivity index (χ2n) is 7.07. The molecule has 2 aromatic heterocycles. The van der Waals surface area contributed by atoms with Crippen molar-refractivity contribution in [3.05, 3.63) is 53.0 Å². The molecule has 4 rings (SSSR count). The van der Waals surface area contributed by atoms with E-state index >= 15 is 0 Å². The van der Waals surface area contributed by atoms with Crippen LogP contribution in [-0.4, -0.2) is 53.8 Å². The highest BCUT2D eigenvalue weighted by molar-refractivity contribution is 5.93. The minimum Gasteiger partial charge on any atom is -0.508 e. The van der Waals surface area contributed by atoms with Gasteiger partial charge in [0.15, 0.2) is 11.5 Å². The van der Waals surface area contributed by atoms with Gasteiger partial charge in [-0.05, 0) is 42.5 Å². The number of carbonyl (C=O) groups excluding carboxylic acids is 1. The molecule has 3 heterocycles. The molecule has 0 radical (unpaired) electrons. The fourth-order valence-electron chi connectivity index (χ4n) is 3.64. The van der Waals surface area contributed by atoms with Crippen LogP contribution in [-0.2, 0) is 13.5 Å². The van der Waals surface area contributed by atoms with Gasteiger partial charge in [0.2, 0.25) is 0 Å². The molecule has 0 aliphatic carbocycles. The van der Waals surface area contributed by atoms with Crippen LogP contribution in [0.2, 0.25) is 0 Å². The summed E-state index contributed by atoms with van der Waals surface area (Å²) in [6, 6.07) is 7.27. The van der Waals surface area contributed by atoms with Crippen molar-refractivity contribution < 1.29 is 9.90 Å². The van der Waals surface area contributed by atoms with Crippen LogP contribution in [0.25, 0.3) is 5.82 Å². The fourth-order valence-corrected chi connectivity index (χ4v) is 3.64. The molecule has 1 unspecified atom stereocenters. The molecule has 0 fully saturated rings. The van der Waals surface area contributed by atoms with E-state index in [1.165, 1.54) is 5.56 Å². The maximum Gasteiger partial charge on any atom is 0.276 e. The summed E-state index contributed by atoms with van der Waals surface area (Å²) in [5, 5.41) is 22.4. The molecule has 8 heteroatoms. The van der Waals surface area contributed by atoms with Crippen molar-refractivity contribution >= 4 is 5.91 Å². The second kappa shape index (κ2) is 6.53. The number of carbonyl (C=O) groups is 1. The zero-order chi connectivity index (χ0) is 19.1. The van der Waals surface area contributed by atoms with Crippen molar-refractivity contribution in [1.82, 2.24) is 29.7 Å². The third kappa shape index (κ3) is 3.07. The zero-order valence-corrected chi connectivity index (χ0v) is 15.6. The molecule has 1 aromatic carbocycles. The van der Waals surface area contributed by atoms with Crippen molar-refractivity contribution in [1.29, 1.82) is 0 Å². The lowest BCUT2D eigenvalue weighted by atomic mass is 9.95. The van der Waals surface area contributed by atoms with Crippen LogP contribution < -0.4 is 0 Å². The number of fused-ring (bicyclic) bond motifs is 1. The predicted molar refractivity (Wildman–Crippen MR) is 99.0 cm³/mol. The Morgan fingerprint density at radius 3 is 2.85 bits per heavy atom. The van der Waals surface area contributed by atoms with E-state index in [-0.39, 0.29) is 17.6 Å². The SMILES string of the molecule is Cc1c(C(=O)N2CCc3ccc(O)cc3C(C)C2)nnn1-c1ccn(C)n1. The molecule has 1 aliphatic heterocycles. The number of phenols is 1. The number of aromatic nitrogens is 5. The summed E-state index contributed by atoms with van der Waals surface area (Å²) in [6.07, 6.45) is 2.57. The second-order valence-corrected chi connectivity index (χ2v) is 7.07. The quantitative estimate of drug-likeness (QED) is 0.747. The van der Waals surface area contributed by atoms with E-state index in [4.69, 9.17) is 0 Å². The number of rotatable bonds is 2. The van der Waals surface area contributed by atoms with Gasteiger partial charge in [0.05, 0.1) is 5.69 Å². The molecule has 1 atom stereocenters. The van der Waals surface area contributed by atoms with E-state index in [1.54, 1.807) is 21.5 Å². The average molecular weight is 366 g/mol. The number of hydrogen-bond acceptors (Lipinski definition) is 5. The first-order valence-electron chi connectivity index (χ1n) is 8.97. The first-order chi connectivity index (χ1) is 12.9. The Balaban J connectivity index is 1.60. The summed E-state index contributed by atoms with van der Waals surface area (Å²) >= 11 is 0. The van der Waals surface area contributed by atoms with Crippen molar-refractivity contribution in [3.63, 3.8) is 0 Å². The van der Waals surface area contributed by atoms with Gasteiger partial charge in [0, 0.05) is 32.4 Å². The van der Waals surface area contributed by atoms with Crippen molar-refractivity contribution in [2.45, 2.75) is 26.2 Å². The van der Waals surface area contributed by atoms with E-state index in [0.29, 0.717) is 30.3 Å². The van der Waals surface area contributed by atoms with Crippen LogP contribution in [0.1, 0.15) is 40.2 Å². The van der Waals surface area contributed by atoms with E-state index in [9.17, 15) is 9.90 Å². The van der Waals surface area contributed by atoms with E-state index in [1.807, 2.05) is 37.2 Å². The highest BCUT2D eigenvalue weighted by atomic mass is 16.3. The van der Waals surface area contributed by atoms with Gasteiger partial charge in [0.1, 0.15) is 5.75 Å². The molecule has 0 bridgehead atoms. The number of benzene rings is 1. The normalized spacial score (nSPS) is 16.9. The molecular weight excluding hydrogens is 344 g/mol. The minimum absolute atomic E-state index is 0.126. The summed E-state index contributed by atoms with van der Waals surface area (Å²) in [5.41, 5.74) is 3.29. The summed E-state index contributed by atoms with van der Waals surface area (Å²) in [5.74, 6) is 0.895. The lowest BCUT2D eigenvalue weighted by Gasteiger charge is -2.22. The van der Waals surface area contributed by atoms with Gasteiger partial charge >= 0.3 is 0 Å². The molecule has 140 valence electrons. The molecule has 3 aromatic rings. The van der Waals surface area contributed by atoms with Gasteiger partial charge in [-0.3, -0.25) is 9.48 Å². The standard InChI is InChI=1S/C19H22N6O2/c1-12-11-24(9-6-14-4-5-15(26)10-16(12)14)19(27)18-13(2)25(22-20-18)17-7-8-23(3)21-17/h4-5,7-8,10,12,26H,6,9,11H2,1-3H3. The lowest BCUT2D eigenvalue weighted by Crippen LogP contribution is -2.35. The maximum atomic E-state index is 13.1.